The zero-order valence-electron chi connectivity index (χ0n) is 16.2. The first-order valence-electron chi connectivity index (χ1n) is 9.84. The van der Waals surface area contributed by atoms with Gasteiger partial charge in [0.1, 0.15) is 12.2 Å². The second-order valence-electron chi connectivity index (χ2n) is 6.98. The van der Waals surface area contributed by atoms with E-state index in [-0.39, 0.29) is 18.3 Å². The summed E-state index contributed by atoms with van der Waals surface area (Å²) in [4.78, 5) is 1.05. The molecular formula is C25H24O3S. The van der Waals surface area contributed by atoms with E-state index in [0.717, 1.165) is 22.4 Å². The quantitative estimate of drug-likeness (QED) is 0.515. The van der Waals surface area contributed by atoms with E-state index in [1.54, 1.807) is 11.3 Å². The SMILES string of the molecule is C(#C[C@H]1C[C@H](OCc2ccccc2)[C@@H](COCc2ccccc2)O1)c1cccs1. The molecule has 2 aromatic carbocycles. The van der Waals surface area contributed by atoms with E-state index < -0.39 is 0 Å². The minimum atomic E-state index is -0.136. The molecule has 0 radical (unpaired) electrons. The molecule has 1 aliphatic rings. The molecule has 0 aliphatic carbocycles. The van der Waals surface area contributed by atoms with Crippen molar-refractivity contribution in [1.29, 1.82) is 0 Å². The molecule has 0 saturated carbocycles. The van der Waals surface area contributed by atoms with Gasteiger partial charge in [-0.2, -0.15) is 0 Å². The number of thiophene rings is 1. The lowest BCUT2D eigenvalue weighted by Gasteiger charge is -2.19. The van der Waals surface area contributed by atoms with Crippen molar-refractivity contribution in [3.05, 3.63) is 94.2 Å². The summed E-state index contributed by atoms with van der Waals surface area (Å²) in [6.07, 6.45) is 0.465. The molecule has 29 heavy (non-hydrogen) atoms. The van der Waals surface area contributed by atoms with Crippen molar-refractivity contribution in [1.82, 2.24) is 0 Å². The maximum atomic E-state index is 6.20. The number of hydrogen-bond donors (Lipinski definition) is 0. The van der Waals surface area contributed by atoms with Crippen LogP contribution in [0.4, 0.5) is 0 Å². The Balaban J connectivity index is 1.36. The zero-order valence-corrected chi connectivity index (χ0v) is 17.0. The van der Waals surface area contributed by atoms with Gasteiger partial charge in [-0.15, -0.1) is 11.3 Å². The molecule has 0 amide bonds. The van der Waals surface area contributed by atoms with Gasteiger partial charge in [0.15, 0.2) is 0 Å². The van der Waals surface area contributed by atoms with Crippen LogP contribution in [-0.4, -0.2) is 24.9 Å². The minimum absolute atomic E-state index is 0.0337. The highest BCUT2D eigenvalue weighted by Crippen LogP contribution is 2.25. The van der Waals surface area contributed by atoms with E-state index in [4.69, 9.17) is 14.2 Å². The molecule has 148 valence electrons. The van der Waals surface area contributed by atoms with Gasteiger partial charge in [0.05, 0.1) is 30.8 Å². The first kappa shape index (κ1) is 19.9. The number of rotatable bonds is 7. The molecule has 0 spiro atoms. The van der Waals surface area contributed by atoms with Crippen molar-refractivity contribution in [2.24, 2.45) is 0 Å². The van der Waals surface area contributed by atoms with Crippen molar-refractivity contribution in [3.8, 4) is 11.8 Å². The van der Waals surface area contributed by atoms with Crippen LogP contribution in [0.2, 0.25) is 0 Å². The molecule has 0 N–H and O–H groups in total. The fourth-order valence-electron chi connectivity index (χ4n) is 3.28. The molecule has 3 aromatic rings. The average molecular weight is 405 g/mol. The highest BCUT2D eigenvalue weighted by molar-refractivity contribution is 7.10. The molecule has 4 rings (SSSR count). The summed E-state index contributed by atoms with van der Waals surface area (Å²) in [6.45, 7) is 1.62. The second kappa shape index (κ2) is 10.4. The lowest BCUT2D eigenvalue weighted by Crippen LogP contribution is -2.29. The van der Waals surface area contributed by atoms with Crippen LogP contribution < -0.4 is 0 Å². The number of hydrogen-bond acceptors (Lipinski definition) is 4. The van der Waals surface area contributed by atoms with Gasteiger partial charge in [-0.25, -0.2) is 0 Å². The summed E-state index contributed by atoms with van der Waals surface area (Å²) in [7, 11) is 0. The normalized spacial score (nSPS) is 20.9. The summed E-state index contributed by atoms with van der Waals surface area (Å²) < 4.78 is 18.3. The van der Waals surface area contributed by atoms with Crippen LogP contribution in [0.25, 0.3) is 0 Å². The third-order valence-corrected chi connectivity index (χ3v) is 5.56. The average Bonchev–Trinajstić information content (AvgIpc) is 3.42. The summed E-state index contributed by atoms with van der Waals surface area (Å²) in [6, 6.07) is 24.4. The molecule has 0 bridgehead atoms. The van der Waals surface area contributed by atoms with Crippen LogP contribution in [-0.2, 0) is 27.4 Å². The fourth-order valence-corrected chi connectivity index (χ4v) is 3.86. The molecule has 0 unspecified atom stereocenters. The zero-order chi connectivity index (χ0) is 19.7. The van der Waals surface area contributed by atoms with E-state index in [2.05, 4.69) is 36.1 Å². The van der Waals surface area contributed by atoms with Crippen LogP contribution in [0.15, 0.2) is 78.2 Å². The molecule has 1 aliphatic heterocycles. The molecule has 2 heterocycles. The topological polar surface area (TPSA) is 27.7 Å². The van der Waals surface area contributed by atoms with Crippen molar-refractivity contribution < 1.29 is 14.2 Å². The Bertz CT molecular complexity index is 913. The van der Waals surface area contributed by atoms with Gasteiger partial charge >= 0.3 is 0 Å². The lowest BCUT2D eigenvalue weighted by molar-refractivity contribution is -0.0651. The Hall–Kier alpha value is -2.42. The Labute approximate surface area is 176 Å². The number of ether oxygens (including phenoxy) is 3. The summed E-state index contributed by atoms with van der Waals surface area (Å²) in [5, 5.41) is 2.03. The largest absolute Gasteiger partial charge is 0.374 e. The predicted octanol–water partition coefficient (Wildman–Crippen LogP) is 5.06. The van der Waals surface area contributed by atoms with Crippen molar-refractivity contribution in [3.63, 3.8) is 0 Å². The molecule has 1 aromatic heterocycles. The number of benzene rings is 2. The Morgan fingerprint density at radius 2 is 1.62 bits per heavy atom. The highest BCUT2D eigenvalue weighted by Gasteiger charge is 2.35. The van der Waals surface area contributed by atoms with E-state index >= 15 is 0 Å². The van der Waals surface area contributed by atoms with Crippen molar-refractivity contribution >= 4 is 11.3 Å². The minimum Gasteiger partial charge on any atom is -0.374 e. The summed E-state index contributed by atoms with van der Waals surface area (Å²) >= 11 is 1.64. The van der Waals surface area contributed by atoms with Crippen LogP contribution in [0, 0.1) is 11.8 Å². The van der Waals surface area contributed by atoms with E-state index in [1.165, 1.54) is 0 Å². The van der Waals surface area contributed by atoms with Gasteiger partial charge < -0.3 is 14.2 Å². The highest BCUT2D eigenvalue weighted by atomic mass is 32.1. The summed E-state index contributed by atoms with van der Waals surface area (Å²) in [5.41, 5.74) is 2.31. The molecular weight excluding hydrogens is 380 g/mol. The van der Waals surface area contributed by atoms with Crippen molar-refractivity contribution in [2.75, 3.05) is 6.61 Å². The first-order valence-corrected chi connectivity index (χ1v) is 10.7. The van der Waals surface area contributed by atoms with Gasteiger partial charge in [-0.1, -0.05) is 78.6 Å². The molecule has 1 saturated heterocycles. The van der Waals surface area contributed by atoms with E-state index in [9.17, 15) is 0 Å². The van der Waals surface area contributed by atoms with E-state index in [1.807, 2.05) is 53.9 Å². The van der Waals surface area contributed by atoms with Gasteiger partial charge in [-0.3, -0.25) is 0 Å². The Morgan fingerprint density at radius 1 is 0.897 bits per heavy atom. The fraction of sp³-hybridized carbons (Fsp3) is 0.280. The van der Waals surface area contributed by atoms with Gasteiger partial charge in [0.2, 0.25) is 0 Å². The Morgan fingerprint density at radius 3 is 2.31 bits per heavy atom. The van der Waals surface area contributed by atoms with Gasteiger partial charge in [-0.05, 0) is 22.6 Å². The maximum Gasteiger partial charge on any atom is 0.121 e. The summed E-state index contributed by atoms with van der Waals surface area (Å²) in [5.74, 6) is 6.46. The Kier molecular flexibility index (Phi) is 7.12. The monoisotopic (exact) mass is 404 g/mol. The standard InChI is InChI=1S/C25H24O3S/c1-3-8-20(9-4-1)17-26-19-25-24(27-18-21-10-5-2-6-11-21)16-22(28-25)13-14-23-12-7-15-29-23/h1-12,15,22,24-25H,16-19H2/t22-,24-,25+/m0/s1. The van der Waals surface area contributed by atoms with Gasteiger partial charge in [0, 0.05) is 6.42 Å². The third kappa shape index (κ3) is 6.03. The third-order valence-electron chi connectivity index (χ3n) is 4.78. The van der Waals surface area contributed by atoms with Crippen LogP contribution in [0.1, 0.15) is 22.4 Å². The molecule has 3 nitrogen and oxygen atoms in total. The van der Waals surface area contributed by atoms with Crippen LogP contribution >= 0.6 is 11.3 Å². The van der Waals surface area contributed by atoms with Crippen LogP contribution in [0.3, 0.4) is 0 Å². The van der Waals surface area contributed by atoms with Crippen LogP contribution in [0.5, 0.6) is 0 Å². The second-order valence-corrected chi connectivity index (χ2v) is 7.93. The molecule has 4 heteroatoms. The van der Waals surface area contributed by atoms with Crippen molar-refractivity contribution in [2.45, 2.75) is 37.9 Å². The van der Waals surface area contributed by atoms with Gasteiger partial charge in [0.25, 0.3) is 0 Å². The lowest BCUT2D eigenvalue weighted by atomic mass is 10.1. The molecule has 3 atom stereocenters. The first-order chi connectivity index (χ1) is 14.4. The van der Waals surface area contributed by atoms with E-state index in [0.29, 0.717) is 19.8 Å². The maximum absolute atomic E-state index is 6.20. The smallest absolute Gasteiger partial charge is 0.121 e. The molecule has 1 fully saturated rings. The predicted molar refractivity (Wildman–Crippen MR) is 116 cm³/mol.